The molecule has 0 aliphatic carbocycles. The molecule has 0 saturated carbocycles. The Morgan fingerprint density at radius 3 is 2.61 bits per heavy atom. The van der Waals surface area contributed by atoms with Crippen LogP contribution in [0.3, 0.4) is 0 Å². The van der Waals surface area contributed by atoms with Crippen molar-refractivity contribution in [3.8, 4) is 6.07 Å². The van der Waals surface area contributed by atoms with Gasteiger partial charge in [-0.25, -0.2) is 0 Å². The molecule has 128 valence electrons. The molecule has 1 heterocycles. The summed E-state index contributed by atoms with van der Waals surface area (Å²) in [6, 6.07) is 1.91. The van der Waals surface area contributed by atoms with Crippen molar-refractivity contribution in [1.29, 1.82) is 5.26 Å². The largest absolute Gasteiger partial charge is 0.466 e. The first-order valence-electron chi connectivity index (χ1n) is 7.83. The van der Waals surface area contributed by atoms with Gasteiger partial charge in [0.05, 0.1) is 13.0 Å². The van der Waals surface area contributed by atoms with Gasteiger partial charge in [-0.15, -0.1) is 0 Å². The zero-order valence-corrected chi connectivity index (χ0v) is 13.6. The molecule has 3 N–H and O–H groups in total. The fourth-order valence-electron chi connectivity index (χ4n) is 2.25. The predicted octanol–water partition coefficient (Wildman–Crippen LogP) is -0.960. The number of piperazine rings is 1. The normalized spacial score (nSPS) is 15.9. The summed E-state index contributed by atoms with van der Waals surface area (Å²) in [7, 11) is 0. The fraction of sp³-hybridized carbons (Fsp3) is 0.667. The highest BCUT2D eigenvalue weighted by Gasteiger charge is 2.23. The number of carbonyl (C=O) groups is 2. The van der Waals surface area contributed by atoms with Crippen LogP contribution < -0.4 is 11.1 Å². The van der Waals surface area contributed by atoms with Crippen molar-refractivity contribution in [1.82, 2.24) is 15.1 Å². The molecular weight excluding hydrogens is 298 g/mol. The molecule has 0 aromatic rings. The van der Waals surface area contributed by atoms with Crippen LogP contribution in [0.25, 0.3) is 0 Å². The summed E-state index contributed by atoms with van der Waals surface area (Å²) >= 11 is 0. The summed E-state index contributed by atoms with van der Waals surface area (Å²) in [6.07, 6.45) is 1.56. The third-order valence-corrected chi connectivity index (χ3v) is 3.48. The van der Waals surface area contributed by atoms with Crippen molar-refractivity contribution in [2.24, 2.45) is 5.73 Å². The van der Waals surface area contributed by atoms with E-state index in [-0.39, 0.29) is 23.9 Å². The summed E-state index contributed by atoms with van der Waals surface area (Å²) in [4.78, 5) is 27.3. The number of nitrogens with zero attached hydrogens (tertiary/aromatic N) is 3. The summed E-state index contributed by atoms with van der Waals surface area (Å²) in [5.41, 5.74) is 5.56. The molecule has 1 fully saturated rings. The third kappa shape index (κ3) is 6.67. The van der Waals surface area contributed by atoms with Crippen LogP contribution in [0.2, 0.25) is 0 Å². The lowest BCUT2D eigenvalue weighted by molar-refractivity contribution is -0.142. The lowest BCUT2D eigenvalue weighted by atomic mass is 10.2. The van der Waals surface area contributed by atoms with Gasteiger partial charge in [-0.05, 0) is 6.92 Å². The second kappa shape index (κ2) is 10.6. The van der Waals surface area contributed by atoms with Gasteiger partial charge in [0.15, 0.2) is 0 Å². The number of carbonyl (C=O) groups excluding carboxylic acids is 2. The summed E-state index contributed by atoms with van der Waals surface area (Å²) in [6.45, 7) is 6.51. The van der Waals surface area contributed by atoms with E-state index in [1.807, 2.05) is 6.07 Å². The van der Waals surface area contributed by atoms with Crippen LogP contribution in [0.4, 0.5) is 0 Å². The maximum Gasteiger partial charge on any atom is 0.307 e. The van der Waals surface area contributed by atoms with Crippen LogP contribution in [0.15, 0.2) is 11.8 Å². The molecule has 0 spiro atoms. The van der Waals surface area contributed by atoms with Crippen molar-refractivity contribution in [3.05, 3.63) is 11.8 Å². The number of nitriles is 1. The van der Waals surface area contributed by atoms with E-state index in [1.165, 1.54) is 6.20 Å². The molecule has 8 heteroatoms. The van der Waals surface area contributed by atoms with Gasteiger partial charge in [0, 0.05) is 52.0 Å². The molecule has 8 nitrogen and oxygen atoms in total. The van der Waals surface area contributed by atoms with Gasteiger partial charge >= 0.3 is 5.97 Å². The van der Waals surface area contributed by atoms with E-state index in [1.54, 1.807) is 11.8 Å². The molecular formula is C15H25N5O3. The van der Waals surface area contributed by atoms with Crippen molar-refractivity contribution in [3.63, 3.8) is 0 Å². The molecule has 1 aliphatic rings. The van der Waals surface area contributed by atoms with Gasteiger partial charge in [0.25, 0.3) is 5.91 Å². The summed E-state index contributed by atoms with van der Waals surface area (Å²) < 4.78 is 4.79. The molecule has 0 aromatic heterocycles. The molecule has 1 rings (SSSR count). The first-order chi connectivity index (χ1) is 11.1. The van der Waals surface area contributed by atoms with Gasteiger partial charge in [-0.3, -0.25) is 14.5 Å². The Bertz CT molecular complexity index is 464. The molecule has 1 aliphatic heterocycles. The topological polar surface area (TPSA) is 112 Å². The van der Waals surface area contributed by atoms with Crippen LogP contribution in [0, 0.1) is 11.3 Å². The van der Waals surface area contributed by atoms with Crippen LogP contribution in [-0.4, -0.2) is 74.1 Å². The molecule has 0 unspecified atom stereocenters. The molecule has 0 aromatic carbocycles. The number of rotatable bonds is 8. The van der Waals surface area contributed by atoms with E-state index in [4.69, 9.17) is 15.7 Å². The number of nitrogens with two attached hydrogens (primary N) is 1. The highest BCUT2D eigenvalue weighted by atomic mass is 16.5. The Morgan fingerprint density at radius 2 is 2.04 bits per heavy atom. The highest BCUT2D eigenvalue weighted by molar-refractivity contribution is 5.97. The minimum atomic E-state index is -0.311. The minimum absolute atomic E-state index is 0.0427. The van der Waals surface area contributed by atoms with Crippen molar-refractivity contribution < 1.29 is 14.3 Å². The Morgan fingerprint density at radius 1 is 1.35 bits per heavy atom. The van der Waals surface area contributed by atoms with Crippen molar-refractivity contribution in [2.45, 2.75) is 13.3 Å². The zero-order chi connectivity index (χ0) is 17.1. The zero-order valence-electron chi connectivity index (χ0n) is 13.6. The number of nitrogens with one attached hydrogen (secondary N) is 1. The van der Waals surface area contributed by atoms with Gasteiger partial charge in [0.2, 0.25) is 0 Å². The molecule has 1 amide bonds. The molecule has 0 bridgehead atoms. The van der Waals surface area contributed by atoms with Crippen LogP contribution in [0.1, 0.15) is 13.3 Å². The molecule has 0 atom stereocenters. The highest BCUT2D eigenvalue weighted by Crippen LogP contribution is 2.06. The van der Waals surface area contributed by atoms with Gasteiger partial charge in [-0.1, -0.05) is 0 Å². The monoisotopic (exact) mass is 323 g/mol. The lowest BCUT2D eigenvalue weighted by Crippen LogP contribution is -2.50. The van der Waals surface area contributed by atoms with E-state index in [9.17, 15) is 9.59 Å². The average Bonchev–Trinajstić information content (AvgIpc) is 2.56. The van der Waals surface area contributed by atoms with E-state index in [0.717, 1.165) is 19.6 Å². The molecule has 0 radical (unpaired) electrons. The molecule has 1 saturated heterocycles. The first-order valence-corrected chi connectivity index (χ1v) is 7.83. The van der Waals surface area contributed by atoms with Gasteiger partial charge in [-0.2, -0.15) is 5.26 Å². The molecule has 23 heavy (non-hydrogen) atoms. The number of amides is 1. The Balaban J connectivity index is 2.41. The minimum Gasteiger partial charge on any atom is -0.466 e. The number of hydrogen-bond donors (Lipinski definition) is 2. The summed E-state index contributed by atoms with van der Waals surface area (Å²) in [5.74, 6) is -0.599. The third-order valence-electron chi connectivity index (χ3n) is 3.48. The second-order valence-corrected chi connectivity index (χ2v) is 5.10. The Kier molecular flexibility index (Phi) is 8.72. The van der Waals surface area contributed by atoms with E-state index < -0.39 is 0 Å². The van der Waals surface area contributed by atoms with E-state index in [0.29, 0.717) is 32.8 Å². The average molecular weight is 323 g/mol. The number of hydrogen-bond acceptors (Lipinski definition) is 7. The first kappa shape index (κ1) is 18.9. The van der Waals surface area contributed by atoms with Crippen molar-refractivity contribution in [2.75, 3.05) is 52.4 Å². The maximum atomic E-state index is 12.3. The van der Waals surface area contributed by atoms with Crippen LogP contribution in [0.5, 0.6) is 0 Å². The smallest absolute Gasteiger partial charge is 0.307 e. The van der Waals surface area contributed by atoms with Crippen LogP contribution in [-0.2, 0) is 14.3 Å². The quantitative estimate of drug-likeness (QED) is 0.256. The lowest BCUT2D eigenvalue weighted by Gasteiger charge is -2.34. The second-order valence-electron chi connectivity index (χ2n) is 5.10. The van der Waals surface area contributed by atoms with Gasteiger partial charge < -0.3 is 20.7 Å². The Hall–Kier alpha value is -2.11. The maximum absolute atomic E-state index is 12.3. The van der Waals surface area contributed by atoms with Crippen molar-refractivity contribution >= 4 is 11.9 Å². The van der Waals surface area contributed by atoms with Crippen LogP contribution >= 0.6 is 0 Å². The van der Waals surface area contributed by atoms with E-state index >= 15 is 0 Å². The number of esters is 1. The van der Waals surface area contributed by atoms with Gasteiger partial charge in [0.1, 0.15) is 11.6 Å². The Labute approximate surface area is 136 Å². The summed E-state index contributed by atoms with van der Waals surface area (Å²) in [5, 5.41) is 11.9. The van der Waals surface area contributed by atoms with E-state index in [2.05, 4.69) is 10.2 Å². The SMILES string of the molecule is CCOC(=O)CCN/C=C(/C#N)C(=O)N1CCN(CCN)CC1. The standard InChI is InChI=1S/C15H25N5O3/c1-2-23-14(21)3-5-18-12-13(11-17)15(22)20-9-7-19(6-4-16)8-10-20/h12,18H,2-10,16H2,1H3/b13-12-. The predicted molar refractivity (Wildman–Crippen MR) is 85.0 cm³/mol. The number of ether oxygens (including phenoxy) is 1. The fourth-order valence-corrected chi connectivity index (χ4v) is 2.25.